The van der Waals surface area contributed by atoms with Crippen molar-refractivity contribution in [1.29, 1.82) is 0 Å². The molecule has 120 valence electrons. The first-order chi connectivity index (χ1) is 10.3. The molecular weight excluding hydrogens is 340 g/mol. The van der Waals surface area contributed by atoms with Gasteiger partial charge in [-0.25, -0.2) is 8.42 Å². The Morgan fingerprint density at radius 3 is 2.68 bits per heavy atom. The molecule has 0 unspecified atom stereocenters. The third kappa shape index (κ3) is 2.77. The molecule has 1 amide bonds. The Morgan fingerprint density at radius 2 is 2.05 bits per heavy atom. The second kappa shape index (κ2) is 5.34. The molecule has 0 aliphatic carbocycles. The molecule has 0 radical (unpaired) electrons. The lowest BCUT2D eigenvalue weighted by atomic mass is 10.0. The molecule has 2 atom stereocenters. The number of benzene rings is 1. The lowest BCUT2D eigenvalue weighted by Gasteiger charge is -2.24. The van der Waals surface area contributed by atoms with Crippen molar-refractivity contribution in [1.82, 2.24) is 0 Å². The number of alkyl halides is 2. The number of hydrogen-bond acceptors (Lipinski definition) is 4. The van der Waals surface area contributed by atoms with Gasteiger partial charge in [0.05, 0.1) is 22.6 Å². The van der Waals surface area contributed by atoms with Gasteiger partial charge in [-0.1, -0.05) is 11.6 Å². The maximum atomic E-state index is 12.2. The molecule has 22 heavy (non-hydrogen) atoms. The summed E-state index contributed by atoms with van der Waals surface area (Å²) in [6.45, 7) is -3.00. The van der Waals surface area contributed by atoms with Gasteiger partial charge in [-0.2, -0.15) is 8.78 Å². The highest BCUT2D eigenvalue weighted by atomic mass is 35.5. The predicted molar refractivity (Wildman–Crippen MR) is 76.1 cm³/mol. The lowest BCUT2D eigenvalue weighted by Crippen LogP contribution is -2.36. The fraction of sp³-hybridized carbons (Fsp3) is 0.462. The van der Waals surface area contributed by atoms with E-state index in [0.717, 1.165) is 0 Å². The maximum Gasteiger partial charge on any atom is 0.387 e. The number of anilines is 1. The van der Waals surface area contributed by atoms with Gasteiger partial charge in [-0.15, -0.1) is 0 Å². The molecule has 2 aliphatic heterocycles. The molecule has 2 aliphatic rings. The van der Waals surface area contributed by atoms with E-state index in [1.54, 1.807) is 0 Å². The van der Waals surface area contributed by atoms with Crippen LogP contribution in [0.25, 0.3) is 0 Å². The van der Waals surface area contributed by atoms with Crippen LogP contribution in [0, 0.1) is 5.92 Å². The Hall–Kier alpha value is -1.41. The Labute approximate surface area is 130 Å². The molecule has 0 N–H and O–H groups in total. The molecule has 0 bridgehead atoms. The summed E-state index contributed by atoms with van der Waals surface area (Å²) in [5.74, 6) is -0.698. The molecule has 2 saturated heterocycles. The van der Waals surface area contributed by atoms with Crippen LogP contribution in [-0.2, 0) is 14.6 Å². The molecule has 2 fully saturated rings. The van der Waals surface area contributed by atoms with Gasteiger partial charge in [0.2, 0.25) is 5.91 Å². The number of rotatable bonds is 3. The van der Waals surface area contributed by atoms with Gasteiger partial charge >= 0.3 is 6.61 Å². The average Bonchev–Trinajstić information content (AvgIpc) is 2.81. The van der Waals surface area contributed by atoms with E-state index in [-0.39, 0.29) is 40.5 Å². The molecular formula is C13H12ClF2NO4S. The summed E-state index contributed by atoms with van der Waals surface area (Å²) in [5, 5.41) is -0.0603. The quantitative estimate of drug-likeness (QED) is 0.836. The molecule has 1 aromatic rings. The minimum absolute atomic E-state index is 0.000214. The summed E-state index contributed by atoms with van der Waals surface area (Å²) in [7, 11) is -3.15. The fourth-order valence-electron chi connectivity index (χ4n) is 3.06. The van der Waals surface area contributed by atoms with Crippen LogP contribution >= 0.6 is 11.6 Å². The average molecular weight is 352 g/mol. The first-order valence-electron chi connectivity index (χ1n) is 6.54. The molecule has 0 spiro atoms. The SMILES string of the molecule is O=C1C[C@H]2CS(=O)(=O)C[C@@H]2N1c1ccc(OC(F)F)c(Cl)c1. The topological polar surface area (TPSA) is 63.7 Å². The summed E-state index contributed by atoms with van der Waals surface area (Å²) in [6.07, 6.45) is 0.163. The summed E-state index contributed by atoms with van der Waals surface area (Å²) in [4.78, 5) is 13.5. The molecule has 9 heteroatoms. The largest absolute Gasteiger partial charge is 0.433 e. The van der Waals surface area contributed by atoms with Gasteiger partial charge < -0.3 is 9.64 Å². The first-order valence-corrected chi connectivity index (χ1v) is 8.73. The van der Waals surface area contributed by atoms with Gasteiger partial charge in [0.15, 0.2) is 9.84 Å². The summed E-state index contributed by atoms with van der Waals surface area (Å²) < 4.78 is 52.1. The van der Waals surface area contributed by atoms with Crippen LogP contribution in [-0.4, -0.2) is 38.5 Å². The van der Waals surface area contributed by atoms with Gasteiger partial charge in [0.1, 0.15) is 5.75 Å². The van der Waals surface area contributed by atoms with Gasteiger partial charge in [0, 0.05) is 18.0 Å². The maximum absolute atomic E-state index is 12.2. The predicted octanol–water partition coefficient (Wildman–Crippen LogP) is 2.09. The standard InChI is InChI=1S/C13H12ClF2NO4S/c14-9-4-8(1-2-11(9)21-13(15)16)17-10-6-22(19,20)5-7(10)3-12(17)18/h1-2,4,7,10,13H,3,5-6H2/t7-,10-/m0/s1. The Balaban J connectivity index is 1.90. The van der Waals surface area contributed by atoms with Crippen molar-refractivity contribution >= 4 is 33.0 Å². The molecule has 0 aromatic heterocycles. The number of carbonyl (C=O) groups excluding carboxylic acids is 1. The highest BCUT2D eigenvalue weighted by molar-refractivity contribution is 7.91. The van der Waals surface area contributed by atoms with Crippen LogP contribution in [0.4, 0.5) is 14.5 Å². The Bertz CT molecular complexity index is 725. The van der Waals surface area contributed by atoms with Crippen molar-refractivity contribution in [2.75, 3.05) is 16.4 Å². The highest BCUT2D eigenvalue weighted by Crippen LogP contribution is 2.39. The smallest absolute Gasteiger partial charge is 0.387 e. The third-order valence-electron chi connectivity index (χ3n) is 3.88. The fourth-order valence-corrected chi connectivity index (χ4v) is 5.35. The molecule has 5 nitrogen and oxygen atoms in total. The van der Waals surface area contributed by atoms with Crippen molar-refractivity contribution in [2.45, 2.75) is 19.1 Å². The number of fused-ring (bicyclic) bond motifs is 1. The van der Waals surface area contributed by atoms with Gasteiger partial charge in [-0.3, -0.25) is 4.79 Å². The van der Waals surface area contributed by atoms with Crippen LogP contribution in [0.5, 0.6) is 5.75 Å². The number of nitrogens with zero attached hydrogens (tertiary/aromatic N) is 1. The second-order valence-electron chi connectivity index (χ2n) is 5.37. The second-order valence-corrected chi connectivity index (χ2v) is 7.93. The normalized spacial score (nSPS) is 26.5. The number of halogens is 3. The van der Waals surface area contributed by atoms with Crippen molar-refractivity contribution in [2.24, 2.45) is 5.92 Å². The van der Waals surface area contributed by atoms with Crippen LogP contribution < -0.4 is 9.64 Å². The Morgan fingerprint density at radius 1 is 1.32 bits per heavy atom. The molecule has 1 aromatic carbocycles. The minimum Gasteiger partial charge on any atom is -0.433 e. The minimum atomic E-state index is -3.15. The number of amides is 1. The molecule has 3 rings (SSSR count). The van der Waals surface area contributed by atoms with E-state index in [1.807, 2.05) is 0 Å². The van der Waals surface area contributed by atoms with E-state index >= 15 is 0 Å². The van der Waals surface area contributed by atoms with Crippen LogP contribution in [0.1, 0.15) is 6.42 Å². The highest BCUT2D eigenvalue weighted by Gasteiger charge is 2.49. The third-order valence-corrected chi connectivity index (χ3v) is 5.96. The summed E-state index contributed by atoms with van der Waals surface area (Å²) in [5.41, 5.74) is 0.390. The zero-order valence-electron chi connectivity index (χ0n) is 11.2. The zero-order chi connectivity index (χ0) is 16.1. The van der Waals surface area contributed by atoms with Gasteiger partial charge in [0.25, 0.3) is 0 Å². The van der Waals surface area contributed by atoms with E-state index in [4.69, 9.17) is 11.6 Å². The zero-order valence-corrected chi connectivity index (χ0v) is 12.8. The number of sulfone groups is 1. The lowest BCUT2D eigenvalue weighted by molar-refractivity contribution is -0.117. The molecule has 2 heterocycles. The van der Waals surface area contributed by atoms with Crippen molar-refractivity contribution in [3.8, 4) is 5.75 Å². The van der Waals surface area contributed by atoms with E-state index < -0.39 is 22.5 Å². The van der Waals surface area contributed by atoms with E-state index in [1.165, 1.54) is 23.1 Å². The summed E-state index contributed by atoms with van der Waals surface area (Å²) in [6, 6.07) is 3.59. The monoisotopic (exact) mass is 351 g/mol. The number of hydrogen-bond donors (Lipinski definition) is 0. The van der Waals surface area contributed by atoms with Crippen LogP contribution in [0.2, 0.25) is 5.02 Å². The van der Waals surface area contributed by atoms with E-state index in [2.05, 4.69) is 4.74 Å². The van der Waals surface area contributed by atoms with Crippen molar-refractivity contribution in [3.63, 3.8) is 0 Å². The number of carbonyl (C=O) groups is 1. The number of ether oxygens (including phenoxy) is 1. The van der Waals surface area contributed by atoms with Crippen molar-refractivity contribution < 1.29 is 26.7 Å². The van der Waals surface area contributed by atoms with Crippen molar-refractivity contribution in [3.05, 3.63) is 23.2 Å². The van der Waals surface area contributed by atoms with E-state index in [9.17, 15) is 22.0 Å². The van der Waals surface area contributed by atoms with Crippen LogP contribution in [0.15, 0.2) is 18.2 Å². The first kappa shape index (κ1) is 15.5. The van der Waals surface area contributed by atoms with Crippen LogP contribution in [0.3, 0.4) is 0 Å². The molecule has 0 saturated carbocycles. The summed E-state index contributed by atoms with van der Waals surface area (Å²) >= 11 is 5.88. The van der Waals surface area contributed by atoms with Gasteiger partial charge in [-0.05, 0) is 18.2 Å². The van der Waals surface area contributed by atoms with E-state index in [0.29, 0.717) is 5.69 Å². The Kier molecular flexibility index (Phi) is 3.76.